The van der Waals surface area contributed by atoms with Gasteiger partial charge in [0.2, 0.25) is 0 Å². The molecule has 0 saturated heterocycles. The summed E-state index contributed by atoms with van der Waals surface area (Å²) in [5.74, 6) is -0.864. The zero-order valence-corrected chi connectivity index (χ0v) is 13.2. The first-order valence-corrected chi connectivity index (χ1v) is 8.06. The molecule has 126 valence electrons. The molecular formula is C14H8ClF3N2O3S. The minimum absolute atomic E-state index is 0.00229. The number of rotatable bonds is 4. The van der Waals surface area contributed by atoms with Crippen LogP contribution in [-0.4, -0.2) is 14.8 Å². The van der Waals surface area contributed by atoms with Gasteiger partial charge in [0.1, 0.15) is 16.7 Å². The average Bonchev–Trinajstić information content (AvgIpc) is 2.45. The summed E-state index contributed by atoms with van der Waals surface area (Å²) in [6.07, 6.45) is -5.04. The number of halogens is 4. The zero-order valence-electron chi connectivity index (χ0n) is 11.6. The van der Waals surface area contributed by atoms with Crippen molar-refractivity contribution in [3.63, 3.8) is 0 Å². The van der Waals surface area contributed by atoms with E-state index in [0.29, 0.717) is 0 Å². The second kappa shape index (κ2) is 6.59. The SMILES string of the molecule is N#Cc1ccc(NS(=O)(=O)c2ccccc2OC(F)(F)F)cc1Cl. The Hall–Kier alpha value is -2.44. The van der Waals surface area contributed by atoms with Crippen LogP contribution in [0.3, 0.4) is 0 Å². The maximum absolute atomic E-state index is 12.4. The molecule has 0 unspecified atom stereocenters. The van der Waals surface area contributed by atoms with Crippen LogP contribution in [0.1, 0.15) is 5.56 Å². The van der Waals surface area contributed by atoms with Crippen molar-refractivity contribution < 1.29 is 26.3 Å². The quantitative estimate of drug-likeness (QED) is 0.877. The molecule has 0 bridgehead atoms. The maximum atomic E-state index is 12.4. The highest BCUT2D eigenvalue weighted by atomic mass is 35.5. The fraction of sp³-hybridized carbons (Fsp3) is 0.0714. The van der Waals surface area contributed by atoms with Gasteiger partial charge in [-0.1, -0.05) is 23.7 Å². The summed E-state index contributed by atoms with van der Waals surface area (Å²) in [4.78, 5) is -0.692. The Morgan fingerprint density at radius 1 is 1.17 bits per heavy atom. The topological polar surface area (TPSA) is 79.2 Å². The van der Waals surface area contributed by atoms with Gasteiger partial charge >= 0.3 is 6.36 Å². The van der Waals surface area contributed by atoms with E-state index in [-0.39, 0.29) is 16.3 Å². The fourth-order valence-corrected chi connectivity index (χ4v) is 3.16. The summed E-state index contributed by atoms with van der Waals surface area (Å²) in [6, 6.07) is 9.81. The third-order valence-corrected chi connectivity index (χ3v) is 4.44. The zero-order chi connectivity index (χ0) is 18.0. The third-order valence-electron chi connectivity index (χ3n) is 2.71. The Labute approximate surface area is 140 Å². The number of para-hydroxylation sites is 1. The molecule has 0 aliphatic carbocycles. The molecule has 2 rings (SSSR count). The van der Waals surface area contributed by atoms with Crippen molar-refractivity contribution in [3.05, 3.63) is 53.1 Å². The molecule has 2 aromatic rings. The molecular weight excluding hydrogens is 369 g/mol. The van der Waals surface area contributed by atoms with Crippen molar-refractivity contribution in [2.24, 2.45) is 0 Å². The predicted octanol–water partition coefficient (Wildman–Crippen LogP) is 3.91. The molecule has 5 nitrogen and oxygen atoms in total. The normalized spacial score (nSPS) is 11.6. The number of nitrogens with zero attached hydrogens (tertiary/aromatic N) is 1. The molecule has 0 radical (unpaired) electrons. The summed E-state index contributed by atoms with van der Waals surface area (Å²) in [6.45, 7) is 0. The Kier molecular flexibility index (Phi) is 4.91. The van der Waals surface area contributed by atoms with E-state index in [4.69, 9.17) is 16.9 Å². The van der Waals surface area contributed by atoms with Crippen LogP contribution in [0, 0.1) is 11.3 Å². The lowest BCUT2D eigenvalue weighted by molar-refractivity contribution is -0.275. The van der Waals surface area contributed by atoms with Gasteiger partial charge in [-0.3, -0.25) is 4.72 Å². The first-order chi connectivity index (χ1) is 11.1. The van der Waals surface area contributed by atoms with Gasteiger partial charge in [0.15, 0.2) is 0 Å². The highest BCUT2D eigenvalue weighted by Crippen LogP contribution is 2.31. The smallest absolute Gasteiger partial charge is 0.404 e. The number of alkyl halides is 3. The second-order valence-corrected chi connectivity index (χ2v) is 6.46. The summed E-state index contributed by atoms with van der Waals surface area (Å²) >= 11 is 5.79. The van der Waals surface area contributed by atoms with Crippen molar-refractivity contribution in [1.29, 1.82) is 5.26 Å². The number of nitriles is 1. The molecule has 0 amide bonds. The first-order valence-electron chi connectivity index (χ1n) is 6.19. The number of anilines is 1. The minimum Gasteiger partial charge on any atom is -0.404 e. The van der Waals surface area contributed by atoms with Gasteiger partial charge in [-0.25, -0.2) is 8.42 Å². The van der Waals surface area contributed by atoms with Crippen LogP contribution in [0.5, 0.6) is 5.75 Å². The van der Waals surface area contributed by atoms with Gasteiger partial charge in [0.05, 0.1) is 16.3 Å². The average molecular weight is 377 g/mol. The standard InChI is InChI=1S/C14H8ClF3N2O3S/c15-11-7-10(6-5-9(11)8-19)20-24(21,22)13-4-2-1-3-12(13)23-14(16,17)18/h1-7,20H. The molecule has 0 saturated carbocycles. The number of ether oxygens (including phenoxy) is 1. The minimum atomic E-state index is -5.04. The van der Waals surface area contributed by atoms with E-state index in [2.05, 4.69) is 9.46 Å². The first kappa shape index (κ1) is 17.9. The van der Waals surface area contributed by atoms with E-state index >= 15 is 0 Å². The molecule has 0 atom stereocenters. The van der Waals surface area contributed by atoms with E-state index in [1.54, 1.807) is 6.07 Å². The lowest BCUT2D eigenvalue weighted by atomic mass is 10.2. The van der Waals surface area contributed by atoms with Crippen LogP contribution >= 0.6 is 11.6 Å². The summed E-state index contributed by atoms with van der Waals surface area (Å²) in [5, 5.41) is 8.77. The molecule has 0 aliphatic heterocycles. The van der Waals surface area contributed by atoms with Crippen LogP contribution in [0.25, 0.3) is 0 Å². The van der Waals surface area contributed by atoms with Gasteiger partial charge in [0, 0.05) is 0 Å². The fourth-order valence-electron chi connectivity index (χ4n) is 1.76. The van der Waals surface area contributed by atoms with Crippen LogP contribution < -0.4 is 9.46 Å². The van der Waals surface area contributed by atoms with Gasteiger partial charge in [-0.2, -0.15) is 5.26 Å². The molecule has 0 heterocycles. The number of benzene rings is 2. The van der Waals surface area contributed by atoms with E-state index < -0.39 is 27.0 Å². The van der Waals surface area contributed by atoms with E-state index in [1.165, 1.54) is 30.3 Å². The van der Waals surface area contributed by atoms with Crippen molar-refractivity contribution in [2.75, 3.05) is 4.72 Å². The highest BCUT2D eigenvalue weighted by Gasteiger charge is 2.34. The number of hydrogen-bond acceptors (Lipinski definition) is 4. The predicted molar refractivity (Wildman–Crippen MR) is 80.1 cm³/mol. The number of nitrogens with one attached hydrogen (secondary N) is 1. The Bertz CT molecular complexity index is 908. The Morgan fingerprint density at radius 3 is 2.42 bits per heavy atom. The molecule has 0 aliphatic rings. The second-order valence-electron chi connectivity index (χ2n) is 4.41. The Morgan fingerprint density at radius 2 is 1.83 bits per heavy atom. The van der Waals surface area contributed by atoms with Crippen molar-refractivity contribution >= 4 is 27.3 Å². The number of hydrogen-bond donors (Lipinski definition) is 1. The maximum Gasteiger partial charge on any atom is 0.573 e. The van der Waals surface area contributed by atoms with Crippen molar-refractivity contribution in [1.82, 2.24) is 0 Å². The summed E-state index contributed by atoms with van der Waals surface area (Å²) in [7, 11) is -4.37. The highest BCUT2D eigenvalue weighted by molar-refractivity contribution is 7.92. The summed E-state index contributed by atoms with van der Waals surface area (Å²) < 4.78 is 67.6. The molecule has 10 heteroatoms. The summed E-state index contributed by atoms with van der Waals surface area (Å²) in [5.41, 5.74) is 0.112. The van der Waals surface area contributed by atoms with Gasteiger partial charge in [-0.15, -0.1) is 13.2 Å². The van der Waals surface area contributed by atoms with Crippen LogP contribution in [0.15, 0.2) is 47.4 Å². The molecule has 0 spiro atoms. The lowest BCUT2D eigenvalue weighted by Gasteiger charge is -2.14. The largest absolute Gasteiger partial charge is 0.573 e. The van der Waals surface area contributed by atoms with E-state index in [9.17, 15) is 21.6 Å². The van der Waals surface area contributed by atoms with Crippen molar-refractivity contribution in [3.8, 4) is 11.8 Å². The molecule has 0 aromatic heterocycles. The molecule has 24 heavy (non-hydrogen) atoms. The van der Waals surface area contributed by atoms with Crippen LogP contribution in [0.4, 0.5) is 18.9 Å². The third kappa shape index (κ3) is 4.31. The monoisotopic (exact) mass is 376 g/mol. The van der Waals surface area contributed by atoms with Gasteiger partial charge < -0.3 is 4.74 Å². The molecule has 1 N–H and O–H groups in total. The van der Waals surface area contributed by atoms with Gasteiger partial charge in [-0.05, 0) is 30.3 Å². The van der Waals surface area contributed by atoms with Crippen LogP contribution in [0.2, 0.25) is 5.02 Å². The van der Waals surface area contributed by atoms with Crippen LogP contribution in [-0.2, 0) is 10.0 Å². The van der Waals surface area contributed by atoms with Crippen molar-refractivity contribution in [2.45, 2.75) is 11.3 Å². The van der Waals surface area contributed by atoms with E-state index in [1.807, 2.05) is 0 Å². The van der Waals surface area contributed by atoms with Gasteiger partial charge in [0.25, 0.3) is 10.0 Å². The lowest BCUT2D eigenvalue weighted by Crippen LogP contribution is -2.20. The molecule has 0 fully saturated rings. The Balaban J connectivity index is 2.38. The van der Waals surface area contributed by atoms with E-state index in [0.717, 1.165) is 12.1 Å². The molecule has 2 aromatic carbocycles. The number of sulfonamides is 1.